The van der Waals surface area contributed by atoms with Gasteiger partial charge < -0.3 is 10.1 Å². The van der Waals surface area contributed by atoms with Gasteiger partial charge in [-0.25, -0.2) is 0 Å². The van der Waals surface area contributed by atoms with Crippen LogP contribution in [0.1, 0.15) is 43.4 Å². The highest BCUT2D eigenvalue weighted by Crippen LogP contribution is 2.52. The molecule has 4 heterocycles. The van der Waals surface area contributed by atoms with Crippen molar-refractivity contribution in [2.24, 2.45) is 5.92 Å². The molecule has 4 aliphatic rings. The largest absolute Gasteiger partial charge is 0.388 e. The first-order chi connectivity index (χ1) is 10.7. The minimum absolute atomic E-state index is 0.303. The molecule has 2 saturated heterocycles. The minimum Gasteiger partial charge on any atom is -0.388 e. The van der Waals surface area contributed by atoms with Gasteiger partial charge in [0.25, 0.3) is 0 Å². The second kappa shape index (κ2) is 4.36. The molecule has 1 aromatic heterocycles. The number of hydrogen-bond donors (Lipinski definition) is 2. The van der Waals surface area contributed by atoms with Crippen LogP contribution in [0.4, 0.5) is 0 Å². The van der Waals surface area contributed by atoms with E-state index in [9.17, 15) is 5.11 Å². The van der Waals surface area contributed by atoms with Crippen molar-refractivity contribution in [3.63, 3.8) is 0 Å². The first-order valence-corrected chi connectivity index (χ1v) is 8.75. The van der Waals surface area contributed by atoms with Crippen LogP contribution < -0.4 is 0 Å². The lowest BCUT2D eigenvalue weighted by molar-refractivity contribution is -0.141. The number of H-pyrrole nitrogens is 1. The van der Waals surface area contributed by atoms with Crippen molar-refractivity contribution in [2.45, 2.75) is 50.2 Å². The molecule has 1 unspecified atom stereocenters. The van der Waals surface area contributed by atoms with E-state index < -0.39 is 5.60 Å². The maximum absolute atomic E-state index is 11.2. The lowest BCUT2D eigenvalue weighted by atomic mass is 9.63. The van der Waals surface area contributed by atoms with E-state index in [2.05, 4.69) is 41.1 Å². The molecule has 4 bridgehead atoms. The Bertz CT molecular complexity index is 736. The van der Waals surface area contributed by atoms with Crippen molar-refractivity contribution in [1.29, 1.82) is 0 Å². The van der Waals surface area contributed by atoms with Gasteiger partial charge in [-0.3, -0.25) is 4.90 Å². The molecule has 3 aliphatic heterocycles. The normalized spacial score (nSPS) is 39.7. The number of nitrogens with one attached hydrogen (secondary N) is 1. The number of hydrogen-bond acceptors (Lipinski definition) is 2. The van der Waals surface area contributed by atoms with Crippen LogP contribution in [-0.2, 0) is 6.42 Å². The maximum Gasteiger partial charge on any atom is 0.0809 e. The Balaban J connectivity index is 1.71. The molecule has 2 aromatic rings. The van der Waals surface area contributed by atoms with Crippen LogP contribution >= 0.6 is 0 Å². The standard InChI is InChI=1S/C19H24N2O/c1-2-19(22)10-12-9-15-17-14(7-8-21(11-12)18(15)19)13-5-3-4-6-16(13)20-17/h3-6,12,15,18,20,22H,2,7-11H2,1H3/t12-,15-,18+,19+/m0/s1. The molecule has 6 rings (SSSR count). The highest BCUT2D eigenvalue weighted by atomic mass is 16.3. The van der Waals surface area contributed by atoms with E-state index in [0.717, 1.165) is 25.8 Å². The molecule has 0 spiro atoms. The third kappa shape index (κ3) is 1.59. The van der Waals surface area contributed by atoms with Gasteiger partial charge in [-0.2, -0.15) is 0 Å². The summed E-state index contributed by atoms with van der Waals surface area (Å²) >= 11 is 0. The highest BCUT2D eigenvalue weighted by molar-refractivity contribution is 5.85. The van der Waals surface area contributed by atoms with Gasteiger partial charge in [0.1, 0.15) is 0 Å². The molecule has 1 aromatic carbocycles. The molecule has 0 radical (unpaired) electrons. The summed E-state index contributed by atoms with van der Waals surface area (Å²) in [5.41, 5.74) is 3.70. The number of benzene rings is 1. The maximum atomic E-state index is 11.2. The third-order valence-corrected chi connectivity index (χ3v) is 6.53. The van der Waals surface area contributed by atoms with Crippen molar-refractivity contribution in [2.75, 3.05) is 13.1 Å². The van der Waals surface area contributed by atoms with Crippen LogP contribution in [0.15, 0.2) is 24.3 Å². The summed E-state index contributed by atoms with van der Waals surface area (Å²) in [4.78, 5) is 6.31. The lowest BCUT2D eigenvalue weighted by Gasteiger charge is -2.57. The van der Waals surface area contributed by atoms with Crippen LogP contribution in [0, 0.1) is 5.92 Å². The van der Waals surface area contributed by atoms with Gasteiger partial charge in [-0.15, -0.1) is 0 Å². The van der Waals surface area contributed by atoms with Gasteiger partial charge in [0.2, 0.25) is 0 Å². The molecule has 3 nitrogen and oxygen atoms in total. The molecule has 116 valence electrons. The Morgan fingerprint density at radius 3 is 3.09 bits per heavy atom. The summed E-state index contributed by atoms with van der Waals surface area (Å²) in [6, 6.07) is 8.99. The zero-order chi connectivity index (χ0) is 14.9. The summed E-state index contributed by atoms with van der Waals surface area (Å²) in [5, 5.41) is 12.6. The van der Waals surface area contributed by atoms with Crippen LogP contribution in [0.2, 0.25) is 0 Å². The fourth-order valence-electron chi connectivity index (χ4n) is 5.67. The quantitative estimate of drug-likeness (QED) is 0.849. The third-order valence-electron chi connectivity index (χ3n) is 6.53. The van der Waals surface area contributed by atoms with Crippen LogP contribution in [0.3, 0.4) is 0 Å². The number of aromatic nitrogens is 1. The monoisotopic (exact) mass is 296 g/mol. The van der Waals surface area contributed by atoms with E-state index in [0.29, 0.717) is 17.9 Å². The predicted octanol–water partition coefficient (Wildman–Crippen LogP) is 3.04. The van der Waals surface area contributed by atoms with E-state index >= 15 is 0 Å². The van der Waals surface area contributed by atoms with E-state index in [4.69, 9.17) is 0 Å². The van der Waals surface area contributed by atoms with Crippen LogP contribution in [0.25, 0.3) is 10.9 Å². The molecule has 3 fully saturated rings. The van der Waals surface area contributed by atoms with Gasteiger partial charge in [0.15, 0.2) is 0 Å². The first-order valence-electron chi connectivity index (χ1n) is 8.75. The second-order valence-electron chi connectivity index (χ2n) is 7.62. The van der Waals surface area contributed by atoms with Crippen LogP contribution in [-0.4, -0.2) is 39.7 Å². The Kier molecular flexibility index (Phi) is 2.61. The number of fused-ring (bicyclic) bond motifs is 4. The van der Waals surface area contributed by atoms with E-state index in [1.807, 2.05) is 0 Å². The Morgan fingerprint density at radius 1 is 1.36 bits per heavy atom. The zero-order valence-electron chi connectivity index (χ0n) is 13.2. The summed E-state index contributed by atoms with van der Waals surface area (Å²) in [5.74, 6) is 1.12. The molecular formula is C19H24N2O. The molecule has 2 N–H and O–H groups in total. The van der Waals surface area contributed by atoms with Crippen molar-refractivity contribution in [3.8, 4) is 0 Å². The van der Waals surface area contributed by atoms with Gasteiger partial charge in [0.05, 0.1) is 5.60 Å². The highest BCUT2D eigenvalue weighted by Gasteiger charge is 2.55. The predicted molar refractivity (Wildman–Crippen MR) is 88.1 cm³/mol. The fourth-order valence-corrected chi connectivity index (χ4v) is 5.67. The number of rotatable bonds is 1. The Morgan fingerprint density at radius 2 is 2.23 bits per heavy atom. The van der Waals surface area contributed by atoms with Crippen molar-refractivity contribution < 1.29 is 5.11 Å². The van der Waals surface area contributed by atoms with E-state index in [1.165, 1.54) is 35.1 Å². The molecular weight excluding hydrogens is 272 g/mol. The minimum atomic E-state index is -0.495. The SMILES string of the molecule is CC[C@@]1(O)C[C@@H]2C[C@H]3c4[nH]c5ccccc5c4CCN(C2)[C@H]31. The average molecular weight is 296 g/mol. The van der Waals surface area contributed by atoms with Crippen LogP contribution in [0.5, 0.6) is 0 Å². The molecule has 1 aliphatic carbocycles. The summed E-state index contributed by atoms with van der Waals surface area (Å²) in [6.45, 7) is 4.43. The molecule has 5 atom stereocenters. The topological polar surface area (TPSA) is 39.3 Å². The van der Waals surface area contributed by atoms with E-state index in [1.54, 1.807) is 0 Å². The first kappa shape index (κ1) is 13.1. The molecule has 22 heavy (non-hydrogen) atoms. The summed E-state index contributed by atoms with van der Waals surface area (Å²) < 4.78 is 0. The second-order valence-corrected chi connectivity index (χ2v) is 7.62. The van der Waals surface area contributed by atoms with E-state index in [-0.39, 0.29) is 0 Å². The van der Waals surface area contributed by atoms with Gasteiger partial charge in [-0.1, -0.05) is 25.1 Å². The van der Waals surface area contributed by atoms with Gasteiger partial charge >= 0.3 is 0 Å². The van der Waals surface area contributed by atoms with Gasteiger partial charge in [-0.05, 0) is 43.2 Å². The molecule has 1 saturated carbocycles. The molecule has 0 amide bonds. The number of para-hydroxylation sites is 1. The Labute approximate surface area is 131 Å². The summed E-state index contributed by atoms with van der Waals surface area (Å²) in [6.07, 6.45) is 4.22. The van der Waals surface area contributed by atoms with Crippen molar-refractivity contribution in [3.05, 3.63) is 35.5 Å². The van der Waals surface area contributed by atoms with Crippen molar-refractivity contribution >= 4 is 10.9 Å². The number of nitrogens with zero attached hydrogens (tertiary/aromatic N) is 1. The zero-order valence-corrected chi connectivity index (χ0v) is 13.2. The number of aliphatic hydroxyl groups is 1. The van der Waals surface area contributed by atoms with Gasteiger partial charge in [0, 0.05) is 41.6 Å². The Hall–Kier alpha value is -1.32. The lowest BCUT2D eigenvalue weighted by Crippen LogP contribution is -2.65. The number of aromatic amines is 1. The smallest absolute Gasteiger partial charge is 0.0809 e. The van der Waals surface area contributed by atoms with Crippen molar-refractivity contribution in [1.82, 2.24) is 9.88 Å². The fraction of sp³-hybridized carbons (Fsp3) is 0.579. The summed E-state index contributed by atoms with van der Waals surface area (Å²) in [7, 11) is 0. The average Bonchev–Trinajstić information content (AvgIpc) is 2.86. The number of piperidine rings is 2. The molecule has 3 heteroatoms.